The highest BCUT2D eigenvalue weighted by atomic mass is 35.5. The Morgan fingerprint density at radius 2 is 1.59 bits per heavy atom. The molecule has 5 rings (SSSR count). The number of carbonyl (C=O) groups is 1. The van der Waals surface area contributed by atoms with E-state index in [0.717, 1.165) is 64.1 Å². The average molecular weight is 476 g/mol. The van der Waals surface area contributed by atoms with Crippen molar-refractivity contribution < 1.29 is 4.79 Å². The number of nitrogens with one attached hydrogen (secondary N) is 1. The number of rotatable bonds is 7. The number of hydrogen-bond donors (Lipinski definition) is 1. The Kier molecular flexibility index (Phi) is 7.91. The number of piperazine rings is 1. The number of unbranched alkanes of at least 4 members (excludes halogenated alkanes) is 1. The summed E-state index contributed by atoms with van der Waals surface area (Å²) in [6, 6.07) is 23.3. The number of anilines is 1. The monoisotopic (exact) mass is 475 g/mol. The second kappa shape index (κ2) is 11.1. The van der Waals surface area contributed by atoms with Crippen molar-refractivity contribution in [3.8, 4) is 11.1 Å². The smallest absolute Gasteiger partial charge is 0.251 e. The van der Waals surface area contributed by atoms with Gasteiger partial charge in [-0.25, -0.2) is 0 Å². The van der Waals surface area contributed by atoms with Crippen LogP contribution < -0.4 is 10.2 Å². The minimum Gasteiger partial charge on any atom is -0.369 e. The molecule has 1 aliphatic heterocycles. The molecule has 1 heterocycles. The highest BCUT2D eigenvalue weighted by molar-refractivity contribution is 5.95. The van der Waals surface area contributed by atoms with Crippen molar-refractivity contribution in [3.63, 3.8) is 0 Å². The van der Waals surface area contributed by atoms with Gasteiger partial charge in [-0.15, -0.1) is 12.4 Å². The highest BCUT2D eigenvalue weighted by Gasteiger charge is 2.20. The number of hydrogen-bond acceptors (Lipinski definition) is 3. The van der Waals surface area contributed by atoms with Crippen LogP contribution in [0, 0.1) is 6.92 Å². The summed E-state index contributed by atoms with van der Waals surface area (Å²) in [7, 11) is 0. The van der Waals surface area contributed by atoms with Crippen LogP contribution in [0.2, 0.25) is 0 Å². The first kappa shape index (κ1) is 24.3. The first-order valence-corrected chi connectivity index (χ1v) is 12.2. The van der Waals surface area contributed by atoms with Crippen molar-refractivity contribution in [2.45, 2.75) is 26.2 Å². The van der Waals surface area contributed by atoms with E-state index >= 15 is 0 Å². The summed E-state index contributed by atoms with van der Waals surface area (Å²) in [5.41, 5.74) is 8.68. The van der Waals surface area contributed by atoms with Crippen molar-refractivity contribution in [3.05, 3.63) is 89.0 Å². The molecule has 2 aliphatic rings. The van der Waals surface area contributed by atoms with Crippen LogP contribution in [0.25, 0.3) is 11.1 Å². The summed E-state index contributed by atoms with van der Waals surface area (Å²) in [6.45, 7) is 8.43. The fourth-order valence-corrected chi connectivity index (χ4v) is 5.18. The zero-order chi connectivity index (χ0) is 22.6. The lowest BCUT2D eigenvalue weighted by Gasteiger charge is -2.36. The van der Waals surface area contributed by atoms with Gasteiger partial charge in [0.25, 0.3) is 5.91 Å². The molecule has 4 nitrogen and oxygen atoms in total. The summed E-state index contributed by atoms with van der Waals surface area (Å²) >= 11 is 0. The maximum absolute atomic E-state index is 12.7. The molecular formula is C29H34ClN3O. The lowest BCUT2D eigenvalue weighted by Crippen LogP contribution is -2.46. The molecule has 0 spiro atoms. The van der Waals surface area contributed by atoms with Crippen LogP contribution in [-0.2, 0) is 6.42 Å². The predicted molar refractivity (Wildman–Crippen MR) is 143 cm³/mol. The van der Waals surface area contributed by atoms with Gasteiger partial charge in [-0.1, -0.05) is 48.5 Å². The Morgan fingerprint density at radius 1 is 0.853 bits per heavy atom. The zero-order valence-corrected chi connectivity index (χ0v) is 20.7. The zero-order valence-electron chi connectivity index (χ0n) is 19.9. The number of amides is 1. The molecule has 1 aliphatic carbocycles. The fraction of sp³-hybridized carbons (Fsp3) is 0.345. The predicted octanol–water partition coefficient (Wildman–Crippen LogP) is 5.32. The topological polar surface area (TPSA) is 35.6 Å². The van der Waals surface area contributed by atoms with E-state index in [1.165, 1.54) is 33.5 Å². The molecule has 3 aromatic rings. The van der Waals surface area contributed by atoms with Crippen LogP contribution >= 0.6 is 12.4 Å². The first-order chi connectivity index (χ1) is 16.2. The Bertz CT molecular complexity index is 1140. The number of carbonyl (C=O) groups excluding carboxylic acids is 1. The maximum Gasteiger partial charge on any atom is 0.251 e. The third kappa shape index (κ3) is 5.29. The minimum absolute atomic E-state index is 0. The third-order valence-corrected chi connectivity index (χ3v) is 7.07. The fourth-order valence-electron chi connectivity index (χ4n) is 5.18. The molecule has 0 radical (unpaired) electrons. The van der Waals surface area contributed by atoms with Gasteiger partial charge in [0.15, 0.2) is 0 Å². The SMILES string of the molecule is Cc1ccccc1N1CCN(CCCCNC(=O)c2ccc3c(c2)Cc2ccccc2-3)CC1.Cl. The van der Waals surface area contributed by atoms with E-state index in [0.29, 0.717) is 0 Å². The van der Waals surface area contributed by atoms with E-state index < -0.39 is 0 Å². The summed E-state index contributed by atoms with van der Waals surface area (Å²) in [5.74, 6) is 0.0422. The lowest BCUT2D eigenvalue weighted by atomic mass is 10.0. The molecule has 1 N–H and O–H groups in total. The second-order valence-corrected chi connectivity index (χ2v) is 9.28. The van der Waals surface area contributed by atoms with E-state index in [-0.39, 0.29) is 18.3 Å². The van der Waals surface area contributed by atoms with Crippen molar-refractivity contribution >= 4 is 24.0 Å². The molecule has 0 aromatic heterocycles. The van der Waals surface area contributed by atoms with Gasteiger partial charge in [-0.3, -0.25) is 9.69 Å². The standard InChI is InChI=1S/C29H33N3O.ClH/c1-22-8-2-5-11-28(22)32-18-16-31(17-19-32)15-7-6-14-30-29(33)24-12-13-27-25(21-24)20-23-9-3-4-10-26(23)27;/h2-5,8-13,21H,6-7,14-20H2,1H3,(H,30,33);1H. The Balaban J connectivity index is 0.00000274. The van der Waals surface area contributed by atoms with Gasteiger partial charge in [0.05, 0.1) is 0 Å². The molecule has 0 unspecified atom stereocenters. The maximum atomic E-state index is 12.7. The minimum atomic E-state index is 0. The van der Waals surface area contributed by atoms with E-state index in [1.54, 1.807) is 0 Å². The third-order valence-electron chi connectivity index (χ3n) is 7.07. The van der Waals surface area contributed by atoms with Crippen LogP contribution in [0.1, 0.15) is 39.9 Å². The Morgan fingerprint density at radius 3 is 2.41 bits per heavy atom. The van der Waals surface area contributed by atoms with Gasteiger partial charge in [-0.05, 0) is 78.7 Å². The highest BCUT2D eigenvalue weighted by Crippen LogP contribution is 2.36. The van der Waals surface area contributed by atoms with Gasteiger partial charge >= 0.3 is 0 Å². The number of benzene rings is 3. The van der Waals surface area contributed by atoms with Crippen LogP contribution in [0.5, 0.6) is 0 Å². The van der Waals surface area contributed by atoms with Crippen molar-refractivity contribution in [1.82, 2.24) is 10.2 Å². The molecule has 1 fully saturated rings. The largest absolute Gasteiger partial charge is 0.369 e. The van der Waals surface area contributed by atoms with E-state index in [4.69, 9.17) is 0 Å². The molecule has 0 atom stereocenters. The van der Waals surface area contributed by atoms with Crippen molar-refractivity contribution in [1.29, 1.82) is 0 Å². The molecule has 1 amide bonds. The molecule has 0 bridgehead atoms. The van der Waals surface area contributed by atoms with Crippen LogP contribution in [0.15, 0.2) is 66.7 Å². The summed E-state index contributed by atoms with van der Waals surface area (Å²) in [4.78, 5) is 17.7. The number of halogens is 1. The average Bonchev–Trinajstić information content (AvgIpc) is 3.22. The van der Waals surface area contributed by atoms with E-state index in [2.05, 4.69) is 82.7 Å². The first-order valence-electron chi connectivity index (χ1n) is 12.2. The molecular weight excluding hydrogens is 442 g/mol. The van der Waals surface area contributed by atoms with E-state index in [9.17, 15) is 4.79 Å². The van der Waals surface area contributed by atoms with Gasteiger partial charge in [0.1, 0.15) is 0 Å². The molecule has 1 saturated heterocycles. The molecule has 5 heteroatoms. The van der Waals surface area contributed by atoms with Gasteiger partial charge < -0.3 is 10.2 Å². The molecule has 0 saturated carbocycles. The molecule has 178 valence electrons. The van der Waals surface area contributed by atoms with Crippen LogP contribution in [0.3, 0.4) is 0 Å². The molecule has 3 aromatic carbocycles. The lowest BCUT2D eigenvalue weighted by molar-refractivity contribution is 0.0952. The number of aryl methyl sites for hydroxylation is 1. The Labute approximate surface area is 209 Å². The van der Waals surface area contributed by atoms with E-state index in [1.807, 2.05) is 6.07 Å². The summed E-state index contributed by atoms with van der Waals surface area (Å²) in [5, 5.41) is 3.12. The normalized spacial score (nSPS) is 14.8. The van der Waals surface area contributed by atoms with Crippen molar-refractivity contribution in [2.24, 2.45) is 0 Å². The Hall–Kier alpha value is -2.82. The summed E-state index contributed by atoms with van der Waals surface area (Å²) < 4.78 is 0. The van der Waals surface area contributed by atoms with Gasteiger partial charge in [0.2, 0.25) is 0 Å². The van der Waals surface area contributed by atoms with Crippen molar-refractivity contribution in [2.75, 3.05) is 44.2 Å². The molecule has 34 heavy (non-hydrogen) atoms. The summed E-state index contributed by atoms with van der Waals surface area (Å²) in [6.07, 6.45) is 3.05. The number of nitrogens with zero attached hydrogens (tertiary/aromatic N) is 2. The number of para-hydroxylation sites is 1. The van der Waals surface area contributed by atoms with Gasteiger partial charge in [-0.2, -0.15) is 0 Å². The second-order valence-electron chi connectivity index (χ2n) is 9.28. The number of fused-ring (bicyclic) bond motifs is 3. The van der Waals surface area contributed by atoms with Crippen LogP contribution in [-0.4, -0.2) is 50.1 Å². The quantitative estimate of drug-likeness (QED) is 0.367. The van der Waals surface area contributed by atoms with Gasteiger partial charge in [0, 0.05) is 44.0 Å². The van der Waals surface area contributed by atoms with Crippen LogP contribution in [0.4, 0.5) is 5.69 Å².